The van der Waals surface area contributed by atoms with Crippen molar-refractivity contribution in [2.45, 2.75) is 31.6 Å². The number of fused-ring (bicyclic) bond motifs is 1. The van der Waals surface area contributed by atoms with Crippen molar-refractivity contribution in [3.8, 4) is 0 Å². The molecule has 2 aromatic rings. The lowest BCUT2D eigenvalue weighted by Gasteiger charge is -2.26. The van der Waals surface area contributed by atoms with Crippen molar-refractivity contribution in [3.05, 3.63) is 35.5 Å². The van der Waals surface area contributed by atoms with E-state index in [2.05, 4.69) is 35.9 Å². The maximum atomic E-state index is 5.69. The van der Waals surface area contributed by atoms with E-state index >= 15 is 0 Å². The first kappa shape index (κ1) is 10.8. The van der Waals surface area contributed by atoms with Crippen LogP contribution in [0.25, 0.3) is 10.9 Å². The molecule has 2 nitrogen and oxygen atoms in total. The van der Waals surface area contributed by atoms with Crippen LogP contribution >= 0.6 is 0 Å². The third-order valence-corrected chi connectivity index (χ3v) is 4.15. The molecule has 0 unspecified atom stereocenters. The van der Waals surface area contributed by atoms with E-state index in [1.54, 1.807) is 0 Å². The van der Waals surface area contributed by atoms with Gasteiger partial charge in [-0.15, -0.1) is 0 Å². The molecule has 2 heteroatoms. The van der Waals surface area contributed by atoms with Gasteiger partial charge in [-0.05, 0) is 49.4 Å². The fourth-order valence-electron chi connectivity index (χ4n) is 2.91. The Morgan fingerprint density at radius 2 is 2.18 bits per heavy atom. The van der Waals surface area contributed by atoms with Gasteiger partial charge in [-0.3, -0.25) is 0 Å². The molecule has 1 fully saturated rings. The summed E-state index contributed by atoms with van der Waals surface area (Å²) in [7, 11) is 2.20. The van der Waals surface area contributed by atoms with Crippen molar-refractivity contribution in [2.24, 2.45) is 12.8 Å². The number of aromatic nitrogens is 1. The van der Waals surface area contributed by atoms with Crippen molar-refractivity contribution in [2.75, 3.05) is 6.54 Å². The minimum absolute atomic E-state index is 0.729. The first-order valence-electron chi connectivity index (χ1n) is 6.58. The zero-order valence-corrected chi connectivity index (χ0v) is 10.4. The molecule has 2 N–H and O–H groups in total. The molecule has 1 heterocycles. The van der Waals surface area contributed by atoms with Gasteiger partial charge < -0.3 is 10.3 Å². The van der Waals surface area contributed by atoms with Crippen LogP contribution in [0.15, 0.2) is 24.3 Å². The van der Waals surface area contributed by atoms with Crippen LogP contribution < -0.4 is 5.73 Å². The maximum Gasteiger partial charge on any atom is 0.0482 e. The second-order valence-electron chi connectivity index (χ2n) is 5.14. The van der Waals surface area contributed by atoms with Gasteiger partial charge in [0.1, 0.15) is 0 Å². The van der Waals surface area contributed by atoms with E-state index in [0.29, 0.717) is 0 Å². The normalized spacial score (nSPS) is 16.4. The Morgan fingerprint density at radius 3 is 2.82 bits per heavy atom. The van der Waals surface area contributed by atoms with Gasteiger partial charge in [0.15, 0.2) is 0 Å². The molecule has 90 valence electrons. The molecule has 1 aromatic heterocycles. The molecular weight excluding hydrogens is 208 g/mol. The lowest BCUT2D eigenvalue weighted by Crippen LogP contribution is -2.12. The summed E-state index contributed by atoms with van der Waals surface area (Å²) in [6.45, 7) is 0.729. The van der Waals surface area contributed by atoms with Crippen molar-refractivity contribution in [3.63, 3.8) is 0 Å². The topological polar surface area (TPSA) is 30.9 Å². The third kappa shape index (κ3) is 1.67. The summed E-state index contributed by atoms with van der Waals surface area (Å²) in [5.41, 5.74) is 9.95. The summed E-state index contributed by atoms with van der Waals surface area (Å²) in [5, 5.41) is 1.40. The Kier molecular flexibility index (Phi) is 2.67. The van der Waals surface area contributed by atoms with Gasteiger partial charge in [-0.25, -0.2) is 0 Å². The van der Waals surface area contributed by atoms with Crippen molar-refractivity contribution < 1.29 is 0 Å². The lowest BCUT2D eigenvalue weighted by atomic mass is 9.83. The summed E-state index contributed by atoms with van der Waals surface area (Å²) in [5.74, 6) is 0.790. The molecule has 0 atom stereocenters. The van der Waals surface area contributed by atoms with Gasteiger partial charge in [0, 0.05) is 23.6 Å². The number of rotatable bonds is 3. The summed E-state index contributed by atoms with van der Waals surface area (Å²) in [6, 6.07) is 8.97. The van der Waals surface area contributed by atoms with Crippen LogP contribution in [0.4, 0.5) is 0 Å². The van der Waals surface area contributed by atoms with Crippen LogP contribution in [-0.4, -0.2) is 11.1 Å². The van der Waals surface area contributed by atoms with E-state index in [0.717, 1.165) is 18.9 Å². The predicted octanol–water partition coefficient (Wildman–Crippen LogP) is 2.95. The second kappa shape index (κ2) is 4.19. The summed E-state index contributed by atoms with van der Waals surface area (Å²) in [6.07, 6.45) is 5.08. The van der Waals surface area contributed by atoms with Gasteiger partial charge in [0.2, 0.25) is 0 Å². The molecule has 0 saturated heterocycles. The average molecular weight is 228 g/mol. The maximum absolute atomic E-state index is 5.69. The fourth-order valence-corrected chi connectivity index (χ4v) is 2.91. The summed E-state index contributed by atoms with van der Waals surface area (Å²) >= 11 is 0. The highest BCUT2D eigenvalue weighted by molar-refractivity contribution is 5.85. The zero-order chi connectivity index (χ0) is 11.8. The van der Waals surface area contributed by atoms with E-state index in [4.69, 9.17) is 5.73 Å². The molecule has 0 aliphatic heterocycles. The van der Waals surface area contributed by atoms with E-state index in [1.165, 1.54) is 41.4 Å². The molecule has 0 radical (unpaired) electrons. The molecule has 0 bridgehead atoms. The van der Waals surface area contributed by atoms with E-state index in [-0.39, 0.29) is 0 Å². The Bertz CT molecular complexity index is 535. The van der Waals surface area contributed by atoms with Crippen LogP contribution in [-0.2, 0) is 13.5 Å². The molecule has 1 aliphatic rings. The van der Waals surface area contributed by atoms with E-state index in [9.17, 15) is 0 Å². The molecule has 1 aliphatic carbocycles. The zero-order valence-electron chi connectivity index (χ0n) is 10.4. The van der Waals surface area contributed by atoms with Crippen LogP contribution in [0.2, 0.25) is 0 Å². The van der Waals surface area contributed by atoms with Gasteiger partial charge in [0.05, 0.1) is 0 Å². The molecule has 17 heavy (non-hydrogen) atoms. The monoisotopic (exact) mass is 228 g/mol. The van der Waals surface area contributed by atoms with Gasteiger partial charge in [-0.2, -0.15) is 0 Å². The molecule has 0 spiro atoms. The number of nitrogens with two attached hydrogens (primary N) is 1. The van der Waals surface area contributed by atoms with Crippen LogP contribution in [0.1, 0.15) is 36.4 Å². The first-order chi connectivity index (χ1) is 8.31. The van der Waals surface area contributed by atoms with E-state index in [1.807, 2.05) is 0 Å². The number of hydrogen-bond donors (Lipinski definition) is 1. The van der Waals surface area contributed by atoms with Gasteiger partial charge in [-0.1, -0.05) is 18.6 Å². The predicted molar refractivity (Wildman–Crippen MR) is 72.3 cm³/mol. The fraction of sp³-hybridized carbons (Fsp3) is 0.467. The third-order valence-electron chi connectivity index (χ3n) is 4.15. The first-order valence-corrected chi connectivity index (χ1v) is 6.58. The smallest absolute Gasteiger partial charge is 0.0482 e. The highest BCUT2D eigenvalue weighted by Crippen LogP contribution is 2.38. The second-order valence-corrected chi connectivity index (χ2v) is 5.14. The largest absolute Gasteiger partial charge is 0.347 e. The van der Waals surface area contributed by atoms with Crippen molar-refractivity contribution in [1.82, 2.24) is 4.57 Å². The Labute approximate surface area is 102 Å². The number of aryl methyl sites for hydroxylation is 1. The summed E-state index contributed by atoms with van der Waals surface area (Å²) in [4.78, 5) is 0. The molecular formula is C15H20N2. The highest BCUT2D eigenvalue weighted by Gasteiger charge is 2.23. The molecule has 3 rings (SSSR count). The highest BCUT2D eigenvalue weighted by atomic mass is 15.0. The summed E-state index contributed by atoms with van der Waals surface area (Å²) < 4.78 is 2.37. The SMILES string of the molecule is Cn1c(C2CCC2)cc2c(CCN)cccc21. The Hall–Kier alpha value is -1.28. The van der Waals surface area contributed by atoms with Crippen LogP contribution in [0, 0.1) is 0 Å². The average Bonchev–Trinajstić information content (AvgIpc) is 2.57. The minimum atomic E-state index is 0.729. The molecule has 1 saturated carbocycles. The van der Waals surface area contributed by atoms with Crippen molar-refractivity contribution in [1.29, 1.82) is 0 Å². The minimum Gasteiger partial charge on any atom is -0.347 e. The number of hydrogen-bond acceptors (Lipinski definition) is 1. The van der Waals surface area contributed by atoms with Crippen LogP contribution in [0.5, 0.6) is 0 Å². The Morgan fingerprint density at radius 1 is 1.35 bits per heavy atom. The lowest BCUT2D eigenvalue weighted by molar-refractivity contribution is 0.404. The molecule has 0 amide bonds. The quantitative estimate of drug-likeness (QED) is 0.860. The van der Waals surface area contributed by atoms with Gasteiger partial charge in [0.25, 0.3) is 0 Å². The number of nitrogens with zero attached hydrogens (tertiary/aromatic N) is 1. The van der Waals surface area contributed by atoms with Crippen molar-refractivity contribution >= 4 is 10.9 Å². The van der Waals surface area contributed by atoms with Gasteiger partial charge >= 0.3 is 0 Å². The Balaban J connectivity index is 2.13. The number of benzene rings is 1. The van der Waals surface area contributed by atoms with E-state index < -0.39 is 0 Å². The van der Waals surface area contributed by atoms with Crippen LogP contribution in [0.3, 0.4) is 0 Å². The standard InChI is InChI=1S/C15H20N2/c1-17-14-7-3-4-11(8-9-16)13(14)10-15(17)12-5-2-6-12/h3-4,7,10,12H,2,5-6,8-9,16H2,1H3. The molecule has 1 aromatic carbocycles.